The van der Waals surface area contributed by atoms with Crippen molar-refractivity contribution in [2.75, 3.05) is 0 Å². The Balaban J connectivity index is 3.00. The van der Waals surface area contributed by atoms with Crippen molar-refractivity contribution in [3.8, 4) is 0 Å². The van der Waals surface area contributed by atoms with E-state index in [1.807, 2.05) is 0 Å². The van der Waals surface area contributed by atoms with Gasteiger partial charge in [0.2, 0.25) is 0 Å². The van der Waals surface area contributed by atoms with Gasteiger partial charge < -0.3 is 0 Å². The fourth-order valence-corrected chi connectivity index (χ4v) is 0.673. The number of hydrogen-bond donors (Lipinski definition) is 0. The van der Waals surface area contributed by atoms with Gasteiger partial charge in [0.05, 0.1) is 22.7 Å². The van der Waals surface area contributed by atoms with Crippen LogP contribution in [-0.2, 0) is 11.4 Å². The molecule has 1 rings (SSSR count). The summed E-state index contributed by atoms with van der Waals surface area (Å²) in [6.45, 7) is 7.11. The highest BCUT2D eigenvalue weighted by molar-refractivity contribution is 7.57. The minimum atomic E-state index is 0.685. The number of hydrogen-bond acceptors (Lipinski definition) is 2. The Morgan fingerprint density at radius 2 is 1.57 bits per heavy atom. The lowest BCUT2D eigenvalue weighted by molar-refractivity contribution is 1.35. The number of nitrogens with zero attached hydrogens (tertiary/aromatic N) is 2. The van der Waals surface area contributed by atoms with E-state index >= 15 is 0 Å². The second-order valence-corrected chi connectivity index (χ2v) is 1.69. The van der Waals surface area contributed by atoms with Crippen molar-refractivity contribution < 1.29 is 0 Å². The van der Waals surface area contributed by atoms with E-state index in [-0.39, 0.29) is 0 Å². The molecule has 3 heteroatoms. The molecule has 0 amide bonds. The first-order valence-corrected chi connectivity index (χ1v) is 2.50. The Morgan fingerprint density at radius 3 is 1.71 bits per heavy atom. The molecule has 0 atom stereocenters. The molecule has 0 aromatic heterocycles. The van der Waals surface area contributed by atoms with Gasteiger partial charge in [-0.05, 0) is 0 Å². The summed E-state index contributed by atoms with van der Waals surface area (Å²) in [5.41, 5.74) is 1.37. The lowest BCUT2D eigenvalue weighted by atomic mass is 10.4. The van der Waals surface area contributed by atoms with Crippen molar-refractivity contribution >= 4 is 11.4 Å². The third kappa shape index (κ3) is 0.667. The maximum atomic E-state index is 3.77. The van der Waals surface area contributed by atoms with Crippen LogP contribution in [-0.4, -0.2) is 0 Å². The molecule has 0 aromatic carbocycles. The van der Waals surface area contributed by atoms with Crippen LogP contribution < -0.4 is 0 Å². The first kappa shape index (κ1) is 4.46. The zero-order valence-corrected chi connectivity index (χ0v) is 4.53. The van der Waals surface area contributed by atoms with E-state index in [4.69, 9.17) is 0 Å². The first-order valence-electron chi connectivity index (χ1n) is 1.77. The average Bonchev–Trinajstić information content (AvgIpc) is 1.91. The summed E-state index contributed by atoms with van der Waals surface area (Å²) in [5, 5.41) is 0. The van der Waals surface area contributed by atoms with Crippen molar-refractivity contribution in [3.63, 3.8) is 0 Å². The van der Waals surface area contributed by atoms with Gasteiger partial charge in [-0.3, -0.25) is 0 Å². The zero-order chi connectivity index (χ0) is 5.28. The highest BCUT2D eigenvalue weighted by Crippen LogP contribution is 2.11. The van der Waals surface area contributed by atoms with Gasteiger partial charge in [0, 0.05) is 0 Å². The van der Waals surface area contributed by atoms with Crippen LogP contribution in [0.15, 0.2) is 33.3 Å². The molecule has 0 fully saturated rings. The topological polar surface area (TPSA) is 24.7 Å². The summed E-state index contributed by atoms with van der Waals surface area (Å²) in [7, 11) is 0. The molecular weight excluding hydrogens is 108 g/mol. The van der Waals surface area contributed by atoms with Crippen molar-refractivity contribution in [1.29, 1.82) is 0 Å². The molecule has 0 unspecified atom stereocenters. The SMILES string of the molecule is C=C1N=S=NC1=C. The quantitative estimate of drug-likeness (QED) is 0.453. The molecule has 36 valence electrons. The van der Waals surface area contributed by atoms with Gasteiger partial charge in [0.15, 0.2) is 0 Å². The molecule has 1 heterocycles. The molecule has 0 bridgehead atoms. The van der Waals surface area contributed by atoms with E-state index in [1.165, 1.54) is 0 Å². The predicted octanol–water partition coefficient (Wildman–Crippen LogP) is 1.48. The molecule has 1 aliphatic heterocycles. The van der Waals surface area contributed by atoms with Gasteiger partial charge in [0.1, 0.15) is 0 Å². The normalized spacial score (nSPS) is 17.7. The molecule has 0 saturated carbocycles. The highest BCUT2D eigenvalue weighted by atomic mass is 32.1. The van der Waals surface area contributed by atoms with Gasteiger partial charge in [-0.25, -0.2) is 0 Å². The molecule has 1 aliphatic rings. The Bertz CT molecular complexity index is 168. The maximum absolute atomic E-state index is 3.77. The minimum Gasteiger partial charge on any atom is -0.174 e. The van der Waals surface area contributed by atoms with Crippen LogP contribution in [0.5, 0.6) is 0 Å². The van der Waals surface area contributed by atoms with E-state index in [2.05, 4.69) is 21.9 Å². The molecule has 7 heavy (non-hydrogen) atoms. The molecule has 0 aromatic rings. The molecule has 0 spiro atoms. The first-order chi connectivity index (χ1) is 3.30. The van der Waals surface area contributed by atoms with Gasteiger partial charge in [-0.1, -0.05) is 13.2 Å². The minimum absolute atomic E-state index is 0.685. The summed E-state index contributed by atoms with van der Waals surface area (Å²) in [6, 6.07) is 0. The van der Waals surface area contributed by atoms with Crippen LogP contribution in [0.3, 0.4) is 0 Å². The second-order valence-electron chi connectivity index (χ2n) is 1.16. The summed E-state index contributed by atoms with van der Waals surface area (Å²) in [4.78, 5) is 0. The Morgan fingerprint density at radius 1 is 1.14 bits per heavy atom. The lowest BCUT2D eigenvalue weighted by Gasteiger charge is -1.80. The van der Waals surface area contributed by atoms with Gasteiger partial charge in [-0.15, -0.1) is 0 Å². The van der Waals surface area contributed by atoms with Crippen LogP contribution in [0, 0.1) is 0 Å². The third-order valence-corrected chi connectivity index (χ3v) is 1.24. The maximum Gasteiger partial charge on any atom is 0.0965 e. The molecule has 0 N–H and O–H groups in total. The summed E-state index contributed by atoms with van der Waals surface area (Å²) in [5.74, 6) is 0. The molecule has 0 saturated heterocycles. The monoisotopic (exact) mass is 112 g/mol. The summed E-state index contributed by atoms with van der Waals surface area (Å²) in [6.07, 6.45) is 0. The van der Waals surface area contributed by atoms with Gasteiger partial charge in [-0.2, -0.15) is 8.73 Å². The third-order valence-electron chi connectivity index (χ3n) is 0.635. The van der Waals surface area contributed by atoms with Crippen LogP contribution >= 0.6 is 0 Å². The summed E-state index contributed by atoms with van der Waals surface area (Å²) >= 11 is 1.14. The van der Waals surface area contributed by atoms with Crippen molar-refractivity contribution in [3.05, 3.63) is 24.6 Å². The summed E-state index contributed by atoms with van der Waals surface area (Å²) < 4.78 is 7.55. The lowest BCUT2D eigenvalue weighted by Crippen LogP contribution is -1.66. The number of rotatable bonds is 0. The van der Waals surface area contributed by atoms with Crippen molar-refractivity contribution in [2.24, 2.45) is 8.73 Å². The molecule has 0 radical (unpaired) electrons. The smallest absolute Gasteiger partial charge is 0.0965 e. The fourth-order valence-electron chi connectivity index (χ4n) is 0.224. The van der Waals surface area contributed by atoms with Crippen LogP contribution in [0.2, 0.25) is 0 Å². The van der Waals surface area contributed by atoms with E-state index in [0.29, 0.717) is 11.4 Å². The molecular formula is C4H4N2S. The highest BCUT2D eigenvalue weighted by Gasteiger charge is 1.97. The fraction of sp³-hybridized carbons (Fsp3) is 0. The van der Waals surface area contributed by atoms with Crippen LogP contribution in [0.25, 0.3) is 0 Å². The van der Waals surface area contributed by atoms with E-state index in [0.717, 1.165) is 11.4 Å². The van der Waals surface area contributed by atoms with E-state index in [1.54, 1.807) is 0 Å². The zero-order valence-electron chi connectivity index (χ0n) is 3.72. The van der Waals surface area contributed by atoms with E-state index in [9.17, 15) is 0 Å². The Kier molecular flexibility index (Phi) is 0.906. The van der Waals surface area contributed by atoms with E-state index < -0.39 is 0 Å². The van der Waals surface area contributed by atoms with Crippen molar-refractivity contribution in [1.82, 2.24) is 0 Å². The second kappa shape index (κ2) is 1.42. The molecule has 0 aliphatic carbocycles. The predicted molar refractivity (Wildman–Crippen MR) is 30.5 cm³/mol. The standard InChI is InChI=1S/C4H4N2S/c1-3-4(2)6-7-5-3/h1-2H2. The Hall–Kier alpha value is -0.700. The average molecular weight is 112 g/mol. The largest absolute Gasteiger partial charge is 0.174 e. The van der Waals surface area contributed by atoms with Crippen molar-refractivity contribution in [2.45, 2.75) is 0 Å². The Labute approximate surface area is 45.4 Å². The van der Waals surface area contributed by atoms with Gasteiger partial charge in [0.25, 0.3) is 0 Å². The molecule has 2 nitrogen and oxygen atoms in total. The van der Waals surface area contributed by atoms with Crippen LogP contribution in [0.1, 0.15) is 0 Å². The van der Waals surface area contributed by atoms with Crippen LogP contribution in [0.4, 0.5) is 0 Å². The van der Waals surface area contributed by atoms with Gasteiger partial charge >= 0.3 is 0 Å².